The highest BCUT2D eigenvalue weighted by molar-refractivity contribution is 6.31. The molecule has 2 nitrogen and oxygen atoms in total. The number of halogens is 2. The van der Waals surface area contributed by atoms with Crippen LogP contribution in [0.15, 0.2) is 18.2 Å². The first-order chi connectivity index (χ1) is 8.15. The number of nitrogens with one attached hydrogen (secondary N) is 1. The summed E-state index contributed by atoms with van der Waals surface area (Å²) < 4.78 is 12.9. The fraction of sp³-hybridized carbons (Fsp3) is 0.462. The summed E-state index contributed by atoms with van der Waals surface area (Å²) in [5, 5.41) is 2.78. The van der Waals surface area contributed by atoms with Gasteiger partial charge in [0, 0.05) is 12.1 Å². The molecule has 1 aliphatic rings. The van der Waals surface area contributed by atoms with Gasteiger partial charge in [-0.05, 0) is 37.0 Å². The number of amides is 1. The lowest BCUT2D eigenvalue weighted by Gasteiger charge is -2.09. The average molecular weight is 256 g/mol. The molecule has 1 amide bonds. The molecule has 0 radical (unpaired) electrons. The third kappa shape index (κ3) is 3.43. The first kappa shape index (κ1) is 12.4. The van der Waals surface area contributed by atoms with Gasteiger partial charge in [0.25, 0.3) is 0 Å². The van der Waals surface area contributed by atoms with Crippen molar-refractivity contribution in [1.29, 1.82) is 0 Å². The highest BCUT2D eigenvalue weighted by Gasteiger charge is 2.18. The summed E-state index contributed by atoms with van der Waals surface area (Å²) in [5.74, 6) is 0.0194. The zero-order valence-corrected chi connectivity index (χ0v) is 10.3. The molecule has 0 atom stereocenters. The molecule has 0 unspecified atom stereocenters. The van der Waals surface area contributed by atoms with Crippen LogP contribution >= 0.6 is 11.6 Å². The monoisotopic (exact) mass is 255 g/mol. The number of carbonyl (C=O) groups excluding carboxylic acids is 1. The number of hydrogen-bond donors (Lipinski definition) is 1. The molecule has 17 heavy (non-hydrogen) atoms. The predicted molar refractivity (Wildman–Crippen MR) is 66.6 cm³/mol. The van der Waals surface area contributed by atoms with Crippen molar-refractivity contribution in [3.63, 3.8) is 0 Å². The molecule has 0 aliphatic heterocycles. The Kier molecular flexibility index (Phi) is 4.00. The van der Waals surface area contributed by atoms with Crippen LogP contribution in [0.1, 0.15) is 32.1 Å². The maximum Gasteiger partial charge on any atom is 0.224 e. The molecule has 2 rings (SSSR count). The summed E-state index contributed by atoms with van der Waals surface area (Å²) in [6.07, 6.45) is 5.27. The minimum Gasteiger partial charge on any atom is -0.326 e. The quantitative estimate of drug-likeness (QED) is 0.869. The highest BCUT2D eigenvalue weighted by atomic mass is 35.5. The van der Waals surface area contributed by atoms with Crippen LogP contribution in [-0.4, -0.2) is 5.91 Å². The molecule has 1 aliphatic carbocycles. The summed E-state index contributed by atoms with van der Waals surface area (Å²) in [6.45, 7) is 0. The normalized spacial score (nSPS) is 16.1. The van der Waals surface area contributed by atoms with Crippen LogP contribution in [0.25, 0.3) is 0 Å². The van der Waals surface area contributed by atoms with Crippen LogP contribution in [0, 0.1) is 11.7 Å². The van der Waals surface area contributed by atoms with Gasteiger partial charge < -0.3 is 5.32 Å². The smallest absolute Gasteiger partial charge is 0.224 e. The fourth-order valence-electron chi connectivity index (χ4n) is 2.26. The molecule has 0 saturated heterocycles. The summed E-state index contributed by atoms with van der Waals surface area (Å²) >= 11 is 5.64. The summed E-state index contributed by atoms with van der Waals surface area (Å²) in [5.41, 5.74) is 0.555. The van der Waals surface area contributed by atoms with E-state index in [1.165, 1.54) is 31.0 Å². The van der Waals surface area contributed by atoms with Crippen LogP contribution < -0.4 is 5.32 Å². The Bertz CT molecular complexity index is 416. The van der Waals surface area contributed by atoms with Gasteiger partial charge in [-0.1, -0.05) is 24.4 Å². The highest BCUT2D eigenvalue weighted by Crippen LogP contribution is 2.28. The summed E-state index contributed by atoms with van der Waals surface area (Å²) in [6, 6.07) is 4.21. The molecule has 1 fully saturated rings. The van der Waals surface area contributed by atoms with E-state index in [-0.39, 0.29) is 10.9 Å². The van der Waals surface area contributed by atoms with Crippen molar-refractivity contribution in [2.75, 3.05) is 5.32 Å². The Balaban J connectivity index is 1.90. The van der Waals surface area contributed by atoms with Gasteiger partial charge in [0.05, 0.1) is 5.02 Å². The molecule has 1 saturated carbocycles. The number of rotatable bonds is 3. The Morgan fingerprint density at radius 2 is 2.12 bits per heavy atom. The third-order valence-corrected chi connectivity index (χ3v) is 3.44. The van der Waals surface area contributed by atoms with Crippen molar-refractivity contribution in [2.45, 2.75) is 32.1 Å². The number of carbonyl (C=O) groups is 1. The number of benzene rings is 1. The molecule has 92 valence electrons. The van der Waals surface area contributed by atoms with Crippen LogP contribution in [0.3, 0.4) is 0 Å². The standard InChI is InChI=1S/C13H15ClFNO/c14-11-8-10(5-6-12(11)15)16-13(17)7-9-3-1-2-4-9/h5-6,8-9H,1-4,7H2,(H,16,17). The summed E-state index contributed by atoms with van der Waals surface area (Å²) in [4.78, 5) is 11.7. The second kappa shape index (κ2) is 5.50. The Hall–Kier alpha value is -1.09. The van der Waals surface area contributed by atoms with Gasteiger partial charge in [0.2, 0.25) is 5.91 Å². The van der Waals surface area contributed by atoms with Crippen LogP contribution in [0.2, 0.25) is 5.02 Å². The zero-order chi connectivity index (χ0) is 12.3. The lowest BCUT2D eigenvalue weighted by molar-refractivity contribution is -0.117. The zero-order valence-electron chi connectivity index (χ0n) is 9.51. The molecule has 0 bridgehead atoms. The summed E-state index contributed by atoms with van der Waals surface area (Å²) in [7, 11) is 0. The number of hydrogen-bond acceptors (Lipinski definition) is 1. The topological polar surface area (TPSA) is 29.1 Å². The van der Waals surface area contributed by atoms with Gasteiger partial charge in [-0.15, -0.1) is 0 Å². The van der Waals surface area contributed by atoms with Crippen LogP contribution in [-0.2, 0) is 4.79 Å². The van der Waals surface area contributed by atoms with Crippen molar-refractivity contribution < 1.29 is 9.18 Å². The molecular weight excluding hydrogens is 241 g/mol. The van der Waals surface area contributed by atoms with Gasteiger partial charge in [-0.3, -0.25) is 4.79 Å². The first-order valence-electron chi connectivity index (χ1n) is 5.90. The van der Waals surface area contributed by atoms with Crippen molar-refractivity contribution >= 4 is 23.2 Å². The average Bonchev–Trinajstić information content (AvgIpc) is 2.76. The maximum absolute atomic E-state index is 12.9. The van der Waals surface area contributed by atoms with E-state index in [0.29, 0.717) is 18.0 Å². The molecule has 0 heterocycles. The van der Waals surface area contributed by atoms with Crippen molar-refractivity contribution in [3.05, 3.63) is 29.0 Å². The molecule has 1 N–H and O–H groups in total. The van der Waals surface area contributed by atoms with E-state index < -0.39 is 5.82 Å². The van der Waals surface area contributed by atoms with Crippen LogP contribution in [0.4, 0.5) is 10.1 Å². The van der Waals surface area contributed by atoms with E-state index in [1.54, 1.807) is 0 Å². The van der Waals surface area contributed by atoms with Gasteiger partial charge >= 0.3 is 0 Å². The van der Waals surface area contributed by atoms with E-state index in [4.69, 9.17) is 11.6 Å². The lowest BCUT2D eigenvalue weighted by Crippen LogP contribution is -2.15. The first-order valence-corrected chi connectivity index (χ1v) is 6.28. The van der Waals surface area contributed by atoms with Gasteiger partial charge in [-0.25, -0.2) is 4.39 Å². The van der Waals surface area contributed by atoms with E-state index in [0.717, 1.165) is 12.8 Å². The minimum absolute atomic E-state index is 0.0143. The van der Waals surface area contributed by atoms with E-state index >= 15 is 0 Å². The molecule has 0 aromatic heterocycles. The SMILES string of the molecule is O=C(CC1CCCC1)Nc1ccc(F)c(Cl)c1. The Morgan fingerprint density at radius 1 is 1.41 bits per heavy atom. The molecule has 1 aromatic carbocycles. The number of anilines is 1. The van der Waals surface area contributed by atoms with Crippen LogP contribution in [0.5, 0.6) is 0 Å². The fourth-order valence-corrected chi connectivity index (χ4v) is 2.44. The van der Waals surface area contributed by atoms with Crippen molar-refractivity contribution in [2.24, 2.45) is 5.92 Å². The Morgan fingerprint density at radius 3 is 2.76 bits per heavy atom. The van der Waals surface area contributed by atoms with E-state index in [9.17, 15) is 9.18 Å². The molecular formula is C13H15ClFNO. The van der Waals surface area contributed by atoms with E-state index in [1.807, 2.05) is 0 Å². The van der Waals surface area contributed by atoms with Gasteiger partial charge in [0.1, 0.15) is 5.82 Å². The molecule has 4 heteroatoms. The van der Waals surface area contributed by atoms with Crippen molar-refractivity contribution in [1.82, 2.24) is 0 Å². The van der Waals surface area contributed by atoms with E-state index in [2.05, 4.69) is 5.32 Å². The van der Waals surface area contributed by atoms with Crippen molar-refractivity contribution in [3.8, 4) is 0 Å². The molecule has 1 aromatic rings. The minimum atomic E-state index is -0.472. The van der Waals surface area contributed by atoms with Gasteiger partial charge in [-0.2, -0.15) is 0 Å². The molecule has 0 spiro atoms. The second-order valence-corrected chi connectivity index (χ2v) is 4.94. The second-order valence-electron chi connectivity index (χ2n) is 4.53. The third-order valence-electron chi connectivity index (χ3n) is 3.15. The lowest BCUT2D eigenvalue weighted by atomic mass is 10.0. The Labute approximate surface area is 105 Å². The van der Waals surface area contributed by atoms with Gasteiger partial charge in [0.15, 0.2) is 0 Å². The maximum atomic E-state index is 12.9. The predicted octanol–water partition coefficient (Wildman–Crippen LogP) is 4.00. The largest absolute Gasteiger partial charge is 0.326 e.